The van der Waals surface area contributed by atoms with Gasteiger partial charge in [-0.3, -0.25) is 9.59 Å². The normalized spacial score (nSPS) is 12.9. The highest BCUT2D eigenvalue weighted by Gasteiger charge is 2.21. The Morgan fingerprint density at radius 1 is 1.04 bits per heavy atom. The van der Waals surface area contributed by atoms with Crippen molar-refractivity contribution < 1.29 is 9.59 Å². The fraction of sp³-hybridized carbons (Fsp3) is 0.333. The van der Waals surface area contributed by atoms with Gasteiger partial charge in [0.15, 0.2) is 0 Å². The van der Waals surface area contributed by atoms with Gasteiger partial charge in [0, 0.05) is 16.0 Å². The summed E-state index contributed by atoms with van der Waals surface area (Å²) in [4.78, 5) is 26.3. The van der Waals surface area contributed by atoms with Crippen LogP contribution in [-0.4, -0.2) is 23.1 Å². The molecule has 0 radical (unpaired) electrons. The van der Waals surface area contributed by atoms with Crippen LogP contribution in [0.2, 0.25) is 5.02 Å². The van der Waals surface area contributed by atoms with Crippen LogP contribution in [0.1, 0.15) is 44.0 Å². The molecule has 0 fully saturated rings. The lowest BCUT2D eigenvalue weighted by Gasteiger charge is -2.18. The highest BCUT2D eigenvalue weighted by Crippen LogP contribution is 2.28. The SMILES string of the molecule is CCC(C)NC(=O)c1ccccc1NC(=O)C(CC)Sc1ccc(Cl)cc1. The number of hydrogen-bond donors (Lipinski definition) is 2. The van der Waals surface area contributed by atoms with Crippen molar-refractivity contribution in [2.24, 2.45) is 0 Å². The largest absolute Gasteiger partial charge is 0.350 e. The Hall–Kier alpha value is -1.98. The summed E-state index contributed by atoms with van der Waals surface area (Å²) in [5, 5.41) is 6.26. The molecule has 0 saturated heterocycles. The molecule has 2 rings (SSSR count). The molecule has 144 valence electrons. The molecule has 0 saturated carbocycles. The number of halogens is 1. The van der Waals surface area contributed by atoms with Crippen LogP contribution in [0, 0.1) is 0 Å². The number of hydrogen-bond acceptors (Lipinski definition) is 3. The van der Waals surface area contributed by atoms with Crippen molar-refractivity contribution in [2.45, 2.75) is 49.8 Å². The van der Waals surface area contributed by atoms with E-state index in [2.05, 4.69) is 10.6 Å². The van der Waals surface area contributed by atoms with Gasteiger partial charge in [-0.25, -0.2) is 0 Å². The van der Waals surface area contributed by atoms with Crippen LogP contribution in [0.5, 0.6) is 0 Å². The fourth-order valence-corrected chi connectivity index (χ4v) is 3.49. The van der Waals surface area contributed by atoms with Crippen LogP contribution >= 0.6 is 23.4 Å². The van der Waals surface area contributed by atoms with Crippen LogP contribution in [0.3, 0.4) is 0 Å². The van der Waals surface area contributed by atoms with Crippen LogP contribution < -0.4 is 10.6 Å². The molecule has 2 unspecified atom stereocenters. The lowest BCUT2D eigenvalue weighted by molar-refractivity contribution is -0.115. The number of thioether (sulfide) groups is 1. The predicted octanol–water partition coefficient (Wildman–Crippen LogP) is 5.38. The van der Waals surface area contributed by atoms with E-state index in [1.807, 2.05) is 51.1 Å². The molecule has 2 aromatic carbocycles. The molecule has 0 bridgehead atoms. The third-order valence-corrected chi connectivity index (χ3v) is 5.80. The lowest BCUT2D eigenvalue weighted by Crippen LogP contribution is -2.33. The minimum absolute atomic E-state index is 0.0742. The molecule has 0 aliphatic carbocycles. The summed E-state index contributed by atoms with van der Waals surface area (Å²) in [6.07, 6.45) is 1.51. The van der Waals surface area contributed by atoms with Gasteiger partial charge < -0.3 is 10.6 Å². The molecular formula is C21H25ClN2O2S. The molecule has 0 aliphatic heterocycles. The van der Waals surface area contributed by atoms with Gasteiger partial charge in [0.2, 0.25) is 5.91 Å². The molecule has 0 spiro atoms. The van der Waals surface area contributed by atoms with E-state index in [1.165, 1.54) is 11.8 Å². The quantitative estimate of drug-likeness (QED) is 0.581. The summed E-state index contributed by atoms with van der Waals surface area (Å²) in [6.45, 7) is 5.93. The van der Waals surface area contributed by atoms with Crippen molar-refractivity contribution in [3.63, 3.8) is 0 Å². The summed E-state index contributed by atoms with van der Waals surface area (Å²) < 4.78 is 0. The number of carbonyl (C=O) groups is 2. The standard InChI is InChI=1S/C21H25ClN2O2S/c1-4-14(3)23-20(25)17-8-6-7-9-18(17)24-21(26)19(5-2)27-16-12-10-15(22)11-13-16/h6-14,19H,4-5H2,1-3H3,(H,23,25)(H,24,26). The third-order valence-electron chi connectivity index (χ3n) is 4.17. The van der Waals surface area contributed by atoms with Gasteiger partial charge in [-0.15, -0.1) is 11.8 Å². The van der Waals surface area contributed by atoms with E-state index < -0.39 is 0 Å². The number of para-hydroxylation sites is 1. The molecular weight excluding hydrogens is 380 g/mol. The van der Waals surface area contributed by atoms with Crippen molar-refractivity contribution in [1.29, 1.82) is 0 Å². The second kappa shape index (κ2) is 10.4. The van der Waals surface area contributed by atoms with Gasteiger partial charge in [-0.1, -0.05) is 37.6 Å². The van der Waals surface area contributed by atoms with Gasteiger partial charge in [0.25, 0.3) is 5.91 Å². The number of carbonyl (C=O) groups excluding carboxylic acids is 2. The first-order valence-corrected chi connectivity index (χ1v) is 10.3. The average molecular weight is 405 g/mol. The Balaban J connectivity index is 2.11. The Bertz CT molecular complexity index is 780. The predicted molar refractivity (Wildman–Crippen MR) is 114 cm³/mol. The van der Waals surface area contributed by atoms with Gasteiger partial charge in [0.1, 0.15) is 0 Å². The molecule has 0 aromatic heterocycles. The summed E-state index contributed by atoms with van der Waals surface area (Å²) >= 11 is 7.40. The van der Waals surface area contributed by atoms with Crippen LogP contribution in [0.25, 0.3) is 0 Å². The second-order valence-corrected chi connectivity index (χ2v) is 8.00. The maximum absolute atomic E-state index is 12.8. The summed E-state index contributed by atoms with van der Waals surface area (Å²) in [7, 11) is 0. The average Bonchev–Trinajstić information content (AvgIpc) is 2.67. The van der Waals surface area contributed by atoms with Crippen molar-refractivity contribution in [3.8, 4) is 0 Å². The van der Waals surface area contributed by atoms with E-state index in [1.54, 1.807) is 18.2 Å². The number of rotatable bonds is 8. The maximum atomic E-state index is 12.8. The molecule has 2 amide bonds. The van der Waals surface area contributed by atoms with E-state index in [0.717, 1.165) is 11.3 Å². The zero-order chi connectivity index (χ0) is 19.8. The first kappa shape index (κ1) is 21.3. The summed E-state index contributed by atoms with van der Waals surface area (Å²) in [6, 6.07) is 14.6. The number of nitrogens with one attached hydrogen (secondary N) is 2. The van der Waals surface area contributed by atoms with E-state index in [0.29, 0.717) is 22.7 Å². The fourth-order valence-electron chi connectivity index (χ4n) is 2.41. The Kier molecular flexibility index (Phi) is 8.20. The topological polar surface area (TPSA) is 58.2 Å². The van der Waals surface area contributed by atoms with Gasteiger partial charge in [-0.2, -0.15) is 0 Å². The zero-order valence-corrected chi connectivity index (χ0v) is 17.4. The van der Waals surface area contributed by atoms with Gasteiger partial charge >= 0.3 is 0 Å². The Morgan fingerprint density at radius 3 is 2.33 bits per heavy atom. The van der Waals surface area contributed by atoms with E-state index in [-0.39, 0.29) is 23.1 Å². The highest BCUT2D eigenvalue weighted by atomic mass is 35.5. The minimum atomic E-state index is -0.267. The molecule has 27 heavy (non-hydrogen) atoms. The molecule has 4 nitrogen and oxygen atoms in total. The number of anilines is 1. The second-order valence-electron chi connectivity index (χ2n) is 6.29. The van der Waals surface area contributed by atoms with Gasteiger partial charge in [0.05, 0.1) is 16.5 Å². The molecule has 2 atom stereocenters. The Labute approximate surface area is 170 Å². The summed E-state index contributed by atoms with van der Waals surface area (Å²) in [5.41, 5.74) is 0.996. The number of amides is 2. The number of benzene rings is 2. The van der Waals surface area contributed by atoms with Crippen molar-refractivity contribution in [1.82, 2.24) is 5.32 Å². The maximum Gasteiger partial charge on any atom is 0.253 e. The van der Waals surface area contributed by atoms with Crippen molar-refractivity contribution >= 4 is 40.9 Å². The lowest BCUT2D eigenvalue weighted by atomic mass is 10.1. The van der Waals surface area contributed by atoms with E-state index >= 15 is 0 Å². The first-order chi connectivity index (χ1) is 12.9. The Morgan fingerprint density at radius 2 is 1.70 bits per heavy atom. The smallest absolute Gasteiger partial charge is 0.253 e. The molecule has 6 heteroatoms. The summed E-state index contributed by atoms with van der Waals surface area (Å²) in [5.74, 6) is -0.306. The monoisotopic (exact) mass is 404 g/mol. The minimum Gasteiger partial charge on any atom is -0.350 e. The van der Waals surface area contributed by atoms with Gasteiger partial charge in [-0.05, 0) is 56.2 Å². The van der Waals surface area contributed by atoms with Crippen molar-refractivity contribution in [3.05, 3.63) is 59.1 Å². The molecule has 2 aromatic rings. The molecule has 0 aliphatic rings. The van der Waals surface area contributed by atoms with Crippen LogP contribution in [-0.2, 0) is 4.79 Å². The van der Waals surface area contributed by atoms with E-state index in [4.69, 9.17) is 11.6 Å². The van der Waals surface area contributed by atoms with Crippen LogP contribution in [0.15, 0.2) is 53.4 Å². The third kappa shape index (κ3) is 6.29. The zero-order valence-electron chi connectivity index (χ0n) is 15.8. The van der Waals surface area contributed by atoms with E-state index in [9.17, 15) is 9.59 Å². The first-order valence-electron chi connectivity index (χ1n) is 9.07. The molecule has 2 N–H and O–H groups in total. The molecule has 0 heterocycles. The van der Waals surface area contributed by atoms with Crippen molar-refractivity contribution in [2.75, 3.05) is 5.32 Å². The van der Waals surface area contributed by atoms with Crippen LogP contribution in [0.4, 0.5) is 5.69 Å². The highest BCUT2D eigenvalue weighted by molar-refractivity contribution is 8.00.